The first-order chi connectivity index (χ1) is 10.1. The van der Waals surface area contributed by atoms with E-state index in [0.29, 0.717) is 24.7 Å². The van der Waals surface area contributed by atoms with Crippen molar-refractivity contribution in [3.8, 4) is 5.88 Å². The highest BCUT2D eigenvalue weighted by Gasteiger charge is 2.29. The zero-order chi connectivity index (χ0) is 14.8. The third kappa shape index (κ3) is 3.41. The molecule has 0 bridgehead atoms. The van der Waals surface area contributed by atoms with Gasteiger partial charge in [-0.3, -0.25) is 4.79 Å². The van der Waals surface area contributed by atoms with Gasteiger partial charge in [-0.25, -0.2) is 9.97 Å². The van der Waals surface area contributed by atoms with E-state index >= 15 is 0 Å². The zero-order valence-electron chi connectivity index (χ0n) is 11.5. The standard InChI is InChI=1S/C14H14BrN3O2S/c1-9-17-12(8-21-9)14(19)18-5-4-11(7-18)20-13-3-2-10(15)6-16-13/h2-3,6,8,11H,4-5,7H2,1H3/t11-/m0/s1. The molecule has 0 saturated carbocycles. The van der Waals surface area contributed by atoms with E-state index < -0.39 is 0 Å². The molecule has 0 unspecified atom stereocenters. The van der Waals surface area contributed by atoms with E-state index in [9.17, 15) is 4.79 Å². The number of aryl methyl sites for hydroxylation is 1. The molecule has 21 heavy (non-hydrogen) atoms. The van der Waals surface area contributed by atoms with Crippen molar-refractivity contribution in [1.82, 2.24) is 14.9 Å². The average Bonchev–Trinajstić information content (AvgIpc) is 3.10. The summed E-state index contributed by atoms with van der Waals surface area (Å²) in [6.45, 7) is 3.17. The number of likely N-dealkylation sites (tertiary alicyclic amines) is 1. The van der Waals surface area contributed by atoms with Gasteiger partial charge >= 0.3 is 0 Å². The number of halogens is 1. The molecule has 1 saturated heterocycles. The van der Waals surface area contributed by atoms with Gasteiger partial charge in [0.1, 0.15) is 11.8 Å². The Kier molecular flexibility index (Phi) is 4.21. The summed E-state index contributed by atoms with van der Waals surface area (Å²) in [6, 6.07) is 3.70. The second-order valence-corrected chi connectivity index (χ2v) is 6.82. The Hall–Kier alpha value is -1.47. The lowest BCUT2D eigenvalue weighted by molar-refractivity contribution is 0.0766. The van der Waals surface area contributed by atoms with E-state index in [4.69, 9.17) is 4.74 Å². The maximum absolute atomic E-state index is 12.3. The second kappa shape index (κ2) is 6.11. The summed E-state index contributed by atoms with van der Waals surface area (Å²) in [5, 5.41) is 2.71. The van der Waals surface area contributed by atoms with Crippen LogP contribution < -0.4 is 4.74 Å². The Balaban J connectivity index is 1.60. The average molecular weight is 368 g/mol. The van der Waals surface area contributed by atoms with Gasteiger partial charge in [-0.2, -0.15) is 0 Å². The lowest BCUT2D eigenvalue weighted by Gasteiger charge is -2.15. The number of hydrogen-bond acceptors (Lipinski definition) is 5. The molecule has 0 spiro atoms. The molecule has 0 radical (unpaired) electrons. The Morgan fingerprint density at radius 1 is 1.52 bits per heavy atom. The van der Waals surface area contributed by atoms with Crippen molar-refractivity contribution in [2.45, 2.75) is 19.4 Å². The summed E-state index contributed by atoms with van der Waals surface area (Å²) in [6.07, 6.45) is 2.50. The van der Waals surface area contributed by atoms with E-state index in [2.05, 4.69) is 25.9 Å². The van der Waals surface area contributed by atoms with Crippen LogP contribution in [-0.4, -0.2) is 40.0 Å². The summed E-state index contributed by atoms with van der Waals surface area (Å²) in [7, 11) is 0. The number of pyridine rings is 1. The molecule has 0 aliphatic carbocycles. The smallest absolute Gasteiger partial charge is 0.273 e. The molecule has 2 aromatic rings. The first-order valence-corrected chi connectivity index (χ1v) is 8.29. The highest BCUT2D eigenvalue weighted by Crippen LogP contribution is 2.20. The number of carbonyl (C=O) groups is 1. The maximum Gasteiger partial charge on any atom is 0.273 e. The van der Waals surface area contributed by atoms with Crippen LogP contribution in [0.5, 0.6) is 5.88 Å². The van der Waals surface area contributed by atoms with Gasteiger partial charge in [-0.05, 0) is 28.9 Å². The first-order valence-electron chi connectivity index (χ1n) is 6.61. The number of rotatable bonds is 3. The van der Waals surface area contributed by atoms with Crippen molar-refractivity contribution >= 4 is 33.2 Å². The van der Waals surface area contributed by atoms with Crippen LogP contribution in [0.1, 0.15) is 21.9 Å². The Morgan fingerprint density at radius 3 is 3.05 bits per heavy atom. The molecular weight excluding hydrogens is 354 g/mol. The highest BCUT2D eigenvalue weighted by molar-refractivity contribution is 9.10. The summed E-state index contributed by atoms with van der Waals surface area (Å²) < 4.78 is 6.72. The van der Waals surface area contributed by atoms with E-state index in [-0.39, 0.29) is 12.0 Å². The predicted molar refractivity (Wildman–Crippen MR) is 83.7 cm³/mol. The molecule has 5 nitrogen and oxygen atoms in total. The summed E-state index contributed by atoms with van der Waals surface area (Å²) in [5.41, 5.74) is 0.528. The van der Waals surface area contributed by atoms with Gasteiger partial charge in [0.25, 0.3) is 5.91 Å². The van der Waals surface area contributed by atoms with Gasteiger partial charge in [-0.15, -0.1) is 11.3 Å². The number of hydrogen-bond donors (Lipinski definition) is 0. The molecule has 110 valence electrons. The molecule has 2 aromatic heterocycles. The molecule has 1 atom stereocenters. The number of amides is 1. The van der Waals surface area contributed by atoms with Crippen molar-refractivity contribution in [2.24, 2.45) is 0 Å². The molecule has 0 aromatic carbocycles. The Morgan fingerprint density at radius 2 is 2.38 bits per heavy atom. The SMILES string of the molecule is Cc1nc(C(=O)N2CC[C@H](Oc3ccc(Br)cn3)C2)cs1. The monoisotopic (exact) mass is 367 g/mol. The maximum atomic E-state index is 12.3. The molecule has 1 fully saturated rings. The van der Waals surface area contributed by atoms with E-state index in [1.807, 2.05) is 24.4 Å². The van der Waals surface area contributed by atoms with Crippen LogP contribution in [0.3, 0.4) is 0 Å². The Bertz CT molecular complexity index is 644. The van der Waals surface area contributed by atoms with Crippen molar-refractivity contribution < 1.29 is 9.53 Å². The van der Waals surface area contributed by atoms with Crippen LogP contribution in [0.15, 0.2) is 28.2 Å². The fourth-order valence-corrected chi connectivity index (χ4v) is 3.06. The van der Waals surface area contributed by atoms with Gasteiger partial charge in [0.2, 0.25) is 5.88 Å². The minimum atomic E-state index is -0.0192. The van der Waals surface area contributed by atoms with Crippen LogP contribution in [-0.2, 0) is 0 Å². The van der Waals surface area contributed by atoms with Crippen molar-refractivity contribution in [1.29, 1.82) is 0 Å². The number of ether oxygens (including phenoxy) is 1. The number of carbonyl (C=O) groups excluding carboxylic acids is 1. The van der Waals surface area contributed by atoms with Gasteiger partial charge in [0, 0.05) is 35.1 Å². The van der Waals surface area contributed by atoms with Crippen LogP contribution in [0.2, 0.25) is 0 Å². The molecular formula is C14H14BrN3O2S. The largest absolute Gasteiger partial charge is 0.472 e. The Labute approximate surface area is 135 Å². The van der Waals surface area contributed by atoms with Crippen molar-refractivity contribution in [3.63, 3.8) is 0 Å². The van der Waals surface area contributed by atoms with E-state index in [1.54, 1.807) is 11.1 Å². The van der Waals surface area contributed by atoms with Gasteiger partial charge in [0.05, 0.1) is 11.6 Å². The van der Waals surface area contributed by atoms with Crippen LogP contribution in [0, 0.1) is 6.92 Å². The molecule has 3 rings (SSSR count). The van der Waals surface area contributed by atoms with Crippen molar-refractivity contribution in [2.75, 3.05) is 13.1 Å². The van der Waals surface area contributed by atoms with E-state index in [0.717, 1.165) is 15.9 Å². The first kappa shape index (κ1) is 14.5. The lowest BCUT2D eigenvalue weighted by atomic mass is 10.3. The van der Waals surface area contributed by atoms with E-state index in [1.165, 1.54) is 11.3 Å². The molecule has 3 heterocycles. The lowest BCUT2D eigenvalue weighted by Crippen LogP contribution is -2.31. The van der Waals surface area contributed by atoms with Crippen LogP contribution in [0.4, 0.5) is 0 Å². The topological polar surface area (TPSA) is 55.3 Å². The normalized spacial score (nSPS) is 18.0. The summed E-state index contributed by atoms with van der Waals surface area (Å²) in [5.74, 6) is 0.566. The van der Waals surface area contributed by atoms with Crippen LogP contribution >= 0.6 is 27.3 Å². The fourth-order valence-electron chi connectivity index (χ4n) is 2.24. The predicted octanol–water partition coefficient (Wildman–Crippen LogP) is 2.90. The molecule has 7 heteroatoms. The molecule has 1 aliphatic rings. The highest BCUT2D eigenvalue weighted by atomic mass is 79.9. The minimum Gasteiger partial charge on any atom is -0.472 e. The number of aromatic nitrogens is 2. The molecule has 1 amide bonds. The quantitative estimate of drug-likeness (QED) is 0.836. The molecule has 1 aliphatic heterocycles. The van der Waals surface area contributed by atoms with Gasteiger partial charge in [-0.1, -0.05) is 0 Å². The third-order valence-corrected chi connectivity index (χ3v) is 4.50. The number of thiazole rings is 1. The van der Waals surface area contributed by atoms with Gasteiger partial charge in [0.15, 0.2) is 0 Å². The molecule has 0 N–H and O–H groups in total. The van der Waals surface area contributed by atoms with Crippen LogP contribution in [0.25, 0.3) is 0 Å². The summed E-state index contributed by atoms with van der Waals surface area (Å²) in [4.78, 5) is 22.5. The second-order valence-electron chi connectivity index (χ2n) is 4.85. The van der Waals surface area contributed by atoms with Gasteiger partial charge < -0.3 is 9.64 Å². The van der Waals surface area contributed by atoms with Crippen molar-refractivity contribution in [3.05, 3.63) is 38.9 Å². The number of nitrogens with zero attached hydrogens (tertiary/aromatic N) is 3. The fraction of sp³-hybridized carbons (Fsp3) is 0.357. The minimum absolute atomic E-state index is 0.0117. The third-order valence-electron chi connectivity index (χ3n) is 3.26. The summed E-state index contributed by atoms with van der Waals surface area (Å²) >= 11 is 4.83. The zero-order valence-corrected chi connectivity index (χ0v) is 13.9.